The molecule has 0 bridgehead atoms. The number of nitrogens with one attached hydrogen (secondary N) is 1. The SMILES string of the molecule is C[C@@H](Nc1cc(Br)ccn1)C1CCC1. The quantitative estimate of drug-likeness (QED) is 0.894. The van der Waals surface area contributed by atoms with Crippen LogP contribution in [0.1, 0.15) is 26.2 Å². The maximum atomic E-state index is 4.28. The molecule has 0 amide bonds. The Hall–Kier alpha value is -0.570. The third-order valence-corrected chi connectivity index (χ3v) is 3.45. The van der Waals surface area contributed by atoms with Crippen molar-refractivity contribution >= 4 is 21.7 Å². The highest BCUT2D eigenvalue weighted by Gasteiger charge is 2.23. The molecule has 0 unspecified atom stereocenters. The van der Waals surface area contributed by atoms with Gasteiger partial charge in [-0.05, 0) is 37.8 Å². The van der Waals surface area contributed by atoms with Crippen LogP contribution in [0.15, 0.2) is 22.8 Å². The Kier molecular flexibility index (Phi) is 3.06. The monoisotopic (exact) mass is 254 g/mol. The van der Waals surface area contributed by atoms with Crippen LogP contribution in [0, 0.1) is 5.92 Å². The lowest BCUT2D eigenvalue weighted by Gasteiger charge is -2.32. The van der Waals surface area contributed by atoms with Gasteiger partial charge in [0.05, 0.1) is 0 Å². The molecule has 2 nitrogen and oxygen atoms in total. The van der Waals surface area contributed by atoms with Crippen molar-refractivity contribution in [3.8, 4) is 0 Å². The zero-order valence-electron chi connectivity index (χ0n) is 8.33. The molecule has 0 spiro atoms. The van der Waals surface area contributed by atoms with E-state index in [9.17, 15) is 0 Å². The van der Waals surface area contributed by atoms with Gasteiger partial charge in [-0.1, -0.05) is 22.4 Å². The predicted octanol–water partition coefficient (Wildman–Crippen LogP) is 3.44. The van der Waals surface area contributed by atoms with E-state index in [4.69, 9.17) is 0 Å². The molecule has 0 aliphatic heterocycles. The van der Waals surface area contributed by atoms with E-state index in [0.717, 1.165) is 16.2 Å². The second-order valence-electron chi connectivity index (χ2n) is 3.98. The number of hydrogen-bond acceptors (Lipinski definition) is 2. The smallest absolute Gasteiger partial charge is 0.127 e. The number of aromatic nitrogens is 1. The Morgan fingerprint density at radius 2 is 2.36 bits per heavy atom. The van der Waals surface area contributed by atoms with Crippen molar-refractivity contribution in [1.82, 2.24) is 4.98 Å². The summed E-state index contributed by atoms with van der Waals surface area (Å²) in [6.07, 6.45) is 5.94. The number of anilines is 1. The van der Waals surface area contributed by atoms with Gasteiger partial charge in [-0.15, -0.1) is 0 Å². The minimum Gasteiger partial charge on any atom is -0.367 e. The highest BCUT2D eigenvalue weighted by molar-refractivity contribution is 9.10. The van der Waals surface area contributed by atoms with Crippen LogP contribution in [-0.4, -0.2) is 11.0 Å². The second-order valence-corrected chi connectivity index (χ2v) is 4.90. The molecular weight excluding hydrogens is 240 g/mol. The van der Waals surface area contributed by atoms with Crippen molar-refractivity contribution in [2.24, 2.45) is 5.92 Å². The molecule has 0 radical (unpaired) electrons. The first-order valence-corrected chi connectivity index (χ1v) is 5.93. The van der Waals surface area contributed by atoms with Gasteiger partial charge in [0.1, 0.15) is 5.82 Å². The van der Waals surface area contributed by atoms with Gasteiger partial charge in [0.15, 0.2) is 0 Å². The van der Waals surface area contributed by atoms with Crippen LogP contribution in [0.4, 0.5) is 5.82 Å². The number of hydrogen-bond donors (Lipinski definition) is 1. The van der Waals surface area contributed by atoms with Crippen LogP contribution in [0.3, 0.4) is 0 Å². The number of halogens is 1. The van der Waals surface area contributed by atoms with E-state index < -0.39 is 0 Å². The van der Waals surface area contributed by atoms with Crippen molar-refractivity contribution < 1.29 is 0 Å². The zero-order valence-corrected chi connectivity index (χ0v) is 9.92. The van der Waals surface area contributed by atoms with E-state index in [2.05, 4.69) is 33.2 Å². The fourth-order valence-electron chi connectivity index (χ4n) is 1.77. The third-order valence-electron chi connectivity index (χ3n) is 2.95. The zero-order chi connectivity index (χ0) is 9.97. The van der Waals surface area contributed by atoms with E-state index >= 15 is 0 Å². The Labute approximate surface area is 93.3 Å². The Bertz CT molecular complexity index is 310. The lowest BCUT2D eigenvalue weighted by Crippen LogP contribution is -2.31. The standard InChI is InChI=1S/C11H15BrN2/c1-8(9-3-2-4-9)14-11-7-10(12)5-6-13-11/h5-9H,2-4H2,1H3,(H,13,14)/t8-/m1/s1. The summed E-state index contributed by atoms with van der Waals surface area (Å²) >= 11 is 3.44. The summed E-state index contributed by atoms with van der Waals surface area (Å²) in [7, 11) is 0. The van der Waals surface area contributed by atoms with Crippen molar-refractivity contribution in [3.63, 3.8) is 0 Å². The van der Waals surface area contributed by atoms with E-state index in [-0.39, 0.29) is 0 Å². The molecule has 1 heterocycles. The molecule has 1 atom stereocenters. The summed E-state index contributed by atoms with van der Waals surface area (Å²) < 4.78 is 1.08. The highest BCUT2D eigenvalue weighted by atomic mass is 79.9. The number of rotatable bonds is 3. The van der Waals surface area contributed by atoms with Crippen molar-refractivity contribution in [2.75, 3.05) is 5.32 Å². The van der Waals surface area contributed by atoms with E-state index in [0.29, 0.717) is 6.04 Å². The maximum absolute atomic E-state index is 4.28. The first-order chi connectivity index (χ1) is 6.75. The average Bonchev–Trinajstić information content (AvgIpc) is 1.99. The fraction of sp³-hybridized carbons (Fsp3) is 0.545. The molecule has 1 fully saturated rings. The van der Waals surface area contributed by atoms with E-state index in [1.807, 2.05) is 18.3 Å². The number of nitrogens with zero attached hydrogens (tertiary/aromatic N) is 1. The second kappa shape index (κ2) is 4.30. The molecule has 2 rings (SSSR count). The lowest BCUT2D eigenvalue weighted by atomic mass is 9.80. The molecule has 14 heavy (non-hydrogen) atoms. The summed E-state index contributed by atoms with van der Waals surface area (Å²) in [6, 6.07) is 4.51. The molecule has 1 aliphatic rings. The first-order valence-electron chi connectivity index (χ1n) is 5.14. The van der Waals surface area contributed by atoms with Crippen LogP contribution >= 0.6 is 15.9 Å². The van der Waals surface area contributed by atoms with Crippen LogP contribution < -0.4 is 5.32 Å². The molecular formula is C11H15BrN2. The Balaban J connectivity index is 1.95. The highest BCUT2D eigenvalue weighted by Crippen LogP contribution is 2.30. The van der Waals surface area contributed by atoms with Gasteiger partial charge in [0.2, 0.25) is 0 Å². The van der Waals surface area contributed by atoms with Gasteiger partial charge in [-0.2, -0.15) is 0 Å². The largest absolute Gasteiger partial charge is 0.367 e. The molecule has 0 aromatic carbocycles. The fourth-order valence-corrected chi connectivity index (χ4v) is 2.11. The minimum absolute atomic E-state index is 0.547. The Morgan fingerprint density at radius 3 is 2.93 bits per heavy atom. The maximum Gasteiger partial charge on any atom is 0.127 e. The molecule has 1 aromatic heterocycles. The van der Waals surface area contributed by atoms with Gasteiger partial charge >= 0.3 is 0 Å². The predicted molar refractivity (Wildman–Crippen MR) is 62.4 cm³/mol. The van der Waals surface area contributed by atoms with E-state index in [1.165, 1.54) is 19.3 Å². The molecule has 1 aliphatic carbocycles. The molecule has 1 saturated carbocycles. The van der Waals surface area contributed by atoms with Gasteiger partial charge in [-0.25, -0.2) is 4.98 Å². The van der Waals surface area contributed by atoms with Gasteiger partial charge < -0.3 is 5.32 Å². The van der Waals surface area contributed by atoms with Gasteiger partial charge in [-0.3, -0.25) is 0 Å². The molecule has 76 valence electrons. The minimum atomic E-state index is 0.547. The Morgan fingerprint density at radius 1 is 1.57 bits per heavy atom. The van der Waals surface area contributed by atoms with Gasteiger partial charge in [0.25, 0.3) is 0 Å². The molecule has 1 N–H and O–H groups in total. The van der Waals surface area contributed by atoms with Crippen LogP contribution in [0.2, 0.25) is 0 Å². The van der Waals surface area contributed by atoms with Gasteiger partial charge in [0, 0.05) is 16.7 Å². The summed E-state index contributed by atoms with van der Waals surface area (Å²) in [5, 5.41) is 3.44. The topological polar surface area (TPSA) is 24.9 Å². The van der Waals surface area contributed by atoms with Crippen molar-refractivity contribution in [2.45, 2.75) is 32.2 Å². The average molecular weight is 255 g/mol. The first kappa shape index (κ1) is 9.97. The van der Waals surface area contributed by atoms with Crippen molar-refractivity contribution in [1.29, 1.82) is 0 Å². The summed E-state index contributed by atoms with van der Waals surface area (Å²) in [6.45, 7) is 2.24. The van der Waals surface area contributed by atoms with Crippen LogP contribution in [0.5, 0.6) is 0 Å². The van der Waals surface area contributed by atoms with E-state index in [1.54, 1.807) is 0 Å². The molecule has 3 heteroatoms. The molecule has 0 saturated heterocycles. The van der Waals surface area contributed by atoms with Crippen molar-refractivity contribution in [3.05, 3.63) is 22.8 Å². The summed E-state index contributed by atoms with van der Waals surface area (Å²) in [4.78, 5) is 4.28. The normalized spacial score (nSPS) is 18.7. The van der Waals surface area contributed by atoms with Crippen LogP contribution in [0.25, 0.3) is 0 Å². The number of pyridine rings is 1. The lowest BCUT2D eigenvalue weighted by molar-refractivity contribution is 0.285. The summed E-state index contributed by atoms with van der Waals surface area (Å²) in [5.74, 6) is 1.81. The third kappa shape index (κ3) is 2.27. The van der Waals surface area contributed by atoms with Crippen LogP contribution in [-0.2, 0) is 0 Å². The molecule has 1 aromatic rings. The summed E-state index contributed by atoms with van der Waals surface area (Å²) in [5.41, 5.74) is 0.